The van der Waals surface area contributed by atoms with Gasteiger partial charge in [0.1, 0.15) is 18.4 Å². The predicted octanol–water partition coefficient (Wildman–Crippen LogP) is -0.531. The van der Waals surface area contributed by atoms with Crippen molar-refractivity contribution in [2.75, 3.05) is 13.2 Å². The third-order valence-corrected chi connectivity index (χ3v) is 5.97. The van der Waals surface area contributed by atoms with Crippen LogP contribution in [0.2, 0.25) is 0 Å². The van der Waals surface area contributed by atoms with E-state index in [2.05, 4.69) is 9.97 Å². The highest BCUT2D eigenvalue weighted by Gasteiger charge is 2.40. The van der Waals surface area contributed by atoms with Crippen molar-refractivity contribution in [1.82, 2.24) is 19.8 Å². The Bertz CT molecular complexity index is 919. The lowest BCUT2D eigenvalue weighted by Gasteiger charge is -2.33. The number of hydrogen-bond donors (Lipinski definition) is 3. The Morgan fingerprint density at radius 1 is 1.22 bits per heavy atom. The van der Waals surface area contributed by atoms with E-state index in [9.17, 15) is 13.2 Å². The summed E-state index contributed by atoms with van der Waals surface area (Å²) in [6.07, 6.45) is 2.90. The average molecular weight is 394 g/mol. The summed E-state index contributed by atoms with van der Waals surface area (Å²) in [5.74, 6) is -0.444. The molecular formula is C16H18N4O6S. The molecule has 0 fully saturated rings. The van der Waals surface area contributed by atoms with Gasteiger partial charge in [-0.05, 0) is 24.3 Å². The predicted molar refractivity (Wildman–Crippen MR) is 91.2 cm³/mol. The molecule has 1 aliphatic rings. The van der Waals surface area contributed by atoms with Crippen LogP contribution in [0.15, 0.2) is 41.6 Å². The monoisotopic (exact) mass is 394 g/mol. The van der Waals surface area contributed by atoms with Gasteiger partial charge in [-0.25, -0.2) is 13.9 Å². The molecule has 0 spiro atoms. The molecule has 1 aromatic heterocycles. The number of sulfonamides is 1. The summed E-state index contributed by atoms with van der Waals surface area (Å²) >= 11 is 0. The van der Waals surface area contributed by atoms with Crippen LogP contribution in [0, 0.1) is 0 Å². The van der Waals surface area contributed by atoms with Crippen molar-refractivity contribution < 1.29 is 28.3 Å². The molecule has 1 amide bonds. The van der Waals surface area contributed by atoms with Crippen LogP contribution in [0.25, 0.3) is 0 Å². The zero-order valence-corrected chi connectivity index (χ0v) is 15.0. The van der Waals surface area contributed by atoms with Crippen molar-refractivity contribution in [1.29, 1.82) is 0 Å². The number of carbonyl (C=O) groups excluding carboxylic acids is 1. The maximum absolute atomic E-state index is 13.1. The Morgan fingerprint density at radius 2 is 1.89 bits per heavy atom. The molecular weight excluding hydrogens is 376 g/mol. The minimum Gasteiger partial charge on any atom is -0.491 e. The lowest BCUT2D eigenvalue weighted by molar-refractivity contribution is -0.133. The Labute approximate surface area is 155 Å². The molecule has 1 aromatic carbocycles. The van der Waals surface area contributed by atoms with Crippen molar-refractivity contribution in [3.8, 4) is 5.75 Å². The number of nitrogens with zero attached hydrogens (tertiary/aromatic N) is 3. The maximum atomic E-state index is 13.1. The first-order chi connectivity index (χ1) is 13.0. The first kappa shape index (κ1) is 19.2. The molecule has 3 rings (SSSR count). The number of hydrogen-bond acceptors (Lipinski definition) is 8. The number of amides is 1. The molecule has 2 aromatic rings. The minimum absolute atomic E-state index is 0.00745. The van der Waals surface area contributed by atoms with Crippen molar-refractivity contribution >= 4 is 15.9 Å². The number of fused-ring (bicyclic) bond motifs is 1. The van der Waals surface area contributed by atoms with Crippen molar-refractivity contribution in [2.24, 2.45) is 0 Å². The van der Waals surface area contributed by atoms with Gasteiger partial charge in [0.25, 0.3) is 5.91 Å². The van der Waals surface area contributed by atoms with E-state index in [0.29, 0.717) is 17.1 Å². The summed E-state index contributed by atoms with van der Waals surface area (Å²) in [5.41, 5.74) is 2.47. The van der Waals surface area contributed by atoms with Gasteiger partial charge in [0, 0.05) is 18.8 Å². The second-order valence-corrected chi connectivity index (χ2v) is 7.63. The van der Waals surface area contributed by atoms with Crippen molar-refractivity contribution in [3.63, 3.8) is 0 Å². The van der Waals surface area contributed by atoms with Crippen LogP contribution in [0.4, 0.5) is 0 Å². The van der Waals surface area contributed by atoms with Crippen LogP contribution in [0.3, 0.4) is 0 Å². The second-order valence-electron chi connectivity index (χ2n) is 5.74. The Balaban J connectivity index is 1.94. The summed E-state index contributed by atoms with van der Waals surface area (Å²) in [6.45, 7) is -0.217. The lowest BCUT2D eigenvalue weighted by atomic mass is 10.0. The summed E-state index contributed by atoms with van der Waals surface area (Å²) in [4.78, 5) is 20.3. The Hall–Kier alpha value is -2.60. The van der Waals surface area contributed by atoms with E-state index in [-0.39, 0.29) is 31.1 Å². The largest absolute Gasteiger partial charge is 0.491 e. The fraction of sp³-hybridized carbons (Fsp3) is 0.312. The van der Waals surface area contributed by atoms with E-state index < -0.39 is 22.0 Å². The normalized spacial score (nSPS) is 17.2. The number of aliphatic hydroxyl groups is 1. The standard InChI is InChI=1S/C16H18N4O6S/c21-7-8-26-11-1-3-12(4-2-11)27(24,25)20-10-14-13(17-5-6-18-14)9-15(20)16(22)19-23/h1-6,15,21,23H,7-10H2,(H,19,22)/t15-/m1/s1. The Kier molecular flexibility index (Phi) is 5.65. The van der Waals surface area contributed by atoms with Gasteiger partial charge < -0.3 is 9.84 Å². The first-order valence-corrected chi connectivity index (χ1v) is 9.49. The zero-order valence-electron chi connectivity index (χ0n) is 14.1. The van der Waals surface area contributed by atoms with Gasteiger partial charge in [-0.3, -0.25) is 20.0 Å². The SMILES string of the molecule is O=C(NO)[C@H]1Cc2nccnc2CN1S(=O)(=O)c1ccc(OCCO)cc1. The molecule has 0 saturated heterocycles. The van der Waals surface area contributed by atoms with Gasteiger partial charge in [-0.15, -0.1) is 0 Å². The van der Waals surface area contributed by atoms with E-state index in [1.165, 1.54) is 42.1 Å². The van der Waals surface area contributed by atoms with Crippen molar-refractivity contribution in [2.45, 2.75) is 23.9 Å². The average Bonchev–Trinajstić information content (AvgIpc) is 2.71. The van der Waals surface area contributed by atoms with E-state index in [0.717, 1.165) is 4.31 Å². The van der Waals surface area contributed by atoms with Gasteiger partial charge in [0.05, 0.1) is 29.4 Å². The summed E-state index contributed by atoms with van der Waals surface area (Å²) in [5, 5.41) is 17.8. The van der Waals surface area contributed by atoms with Gasteiger partial charge in [-0.2, -0.15) is 4.31 Å². The highest BCUT2D eigenvalue weighted by atomic mass is 32.2. The summed E-state index contributed by atoms with van der Waals surface area (Å²) < 4.78 is 32.4. The minimum atomic E-state index is -4.06. The number of hydroxylamine groups is 1. The number of rotatable bonds is 6. The molecule has 2 heterocycles. The summed E-state index contributed by atoms with van der Waals surface area (Å²) in [6, 6.07) is 4.46. The number of benzene rings is 1. The third kappa shape index (κ3) is 3.90. The van der Waals surface area contributed by atoms with Crippen LogP contribution in [-0.2, 0) is 27.8 Å². The highest BCUT2D eigenvalue weighted by Crippen LogP contribution is 2.28. The number of carbonyl (C=O) groups is 1. The number of aliphatic hydroxyl groups excluding tert-OH is 1. The maximum Gasteiger partial charge on any atom is 0.262 e. The molecule has 144 valence electrons. The molecule has 1 atom stereocenters. The van der Waals surface area contributed by atoms with Crippen LogP contribution in [-0.4, -0.2) is 58.2 Å². The summed E-state index contributed by atoms with van der Waals surface area (Å²) in [7, 11) is -4.06. The van der Waals surface area contributed by atoms with Crippen molar-refractivity contribution in [3.05, 3.63) is 48.0 Å². The first-order valence-electron chi connectivity index (χ1n) is 8.05. The van der Waals surface area contributed by atoms with Crippen LogP contribution < -0.4 is 10.2 Å². The number of nitrogens with one attached hydrogen (secondary N) is 1. The molecule has 0 bridgehead atoms. The third-order valence-electron chi connectivity index (χ3n) is 4.10. The molecule has 10 nitrogen and oxygen atoms in total. The fourth-order valence-electron chi connectivity index (χ4n) is 2.80. The van der Waals surface area contributed by atoms with Gasteiger partial charge in [0.2, 0.25) is 10.0 Å². The van der Waals surface area contributed by atoms with Crippen LogP contribution in [0.5, 0.6) is 5.75 Å². The van der Waals surface area contributed by atoms with Gasteiger partial charge in [0.15, 0.2) is 0 Å². The number of ether oxygens (including phenoxy) is 1. The van der Waals surface area contributed by atoms with E-state index in [1.807, 2.05) is 0 Å². The molecule has 11 heteroatoms. The molecule has 0 unspecified atom stereocenters. The molecule has 1 aliphatic heterocycles. The van der Waals surface area contributed by atoms with E-state index in [1.54, 1.807) is 0 Å². The zero-order chi connectivity index (χ0) is 19.4. The molecule has 0 radical (unpaired) electrons. The fourth-order valence-corrected chi connectivity index (χ4v) is 4.35. The van der Waals surface area contributed by atoms with Gasteiger partial charge in [-0.1, -0.05) is 0 Å². The van der Waals surface area contributed by atoms with Gasteiger partial charge >= 0.3 is 0 Å². The second kappa shape index (κ2) is 7.96. The topological polar surface area (TPSA) is 142 Å². The molecule has 0 saturated carbocycles. The van der Waals surface area contributed by atoms with Crippen LogP contribution >= 0.6 is 0 Å². The Morgan fingerprint density at radius 3 is 2.52 bits per heavy atom. The van der Waals surface area contributed by atoms with E-state index in [4.69, 9.17) is 15.1 Å². The molecule has 27 heavy (non-hydrogen) atoms. The van der Waals surface area contributed by atoms with Crippen LogP contribution in [0.1, 0.15) is 11.4 Å². The highest BCUT2D eigenvalue weighted by molar-refractivity contribution is 7.89. The lowest BCUT2D eigenvalue weighted by Crippen LogP contribution is -2.52. The number of aromatic nitrogens is 2. The quantitative estimate of drug-likeness (QED) is 0.438. The molecule has 3 N–H and O–H groups in total. The molecule has 0 aliphatic carbocycles. The van der Waals surface area contributed by atoms with E-state index >= 15 is 0 Å². The smallest absolute Gasteiger partial charge is 0.262 e.